The summed E-state index contributed by atoms with van der Waals surface area (Å²) in [7, 11) is 3.23. The number of nitrogens with one attached hydrogen (secondary N) is 5. The van der Waals surface area contributed by atoms with E-state index in [-0.39, 0.29) is 80.7 Å². The van der Waals surface area contributed by atoms with E-state index in [0.717, 1.165) is 71.2 Å². The van der Waals surface area contributed by atoms with Crippen molar-refractivity contribution in [2.24, 2.45) is 34.2 Å². The van der Waals surface area contributed by atoms with E-state index < -0.39 is 41.8 Å². The number of rotatable bonds is 25. The number of hydrogen-bond donors (Lipinski definition) is 7. The van der Waals surface area contributed by atoms with E-state index >= 15 is 0 Å². The molecular weight excluding hydrogens is 1100 g/mol. The normalized spacial score (nSPS) is 13.3. The first-order valence-corrected chi connectivity index (χ1v) is 30.2. The molecule has 82 heavy (non-hydrogen) atoms. The summed E-state index contributed by atoms with van der Waals surface area (Å²) in [4.78, 5) is 112. The summed E-state index contributed by atoms with van der Waals surface area (Å²) in [5.74, 6) is -2.13. The summed E-state index contributed by atoms with van der Waals surface area (Å²) in [6.07, 6.45) is 3.00. The van der Waals surface area contributed by atoms with Crippen molar-refractivity contribution < 1.29 is 47.9 Å². The first-order valence-electron chi connectivity index (χ1n) is 27.3. The minimum atomic E-state index is -0.982. The van der Waals surface area contributed by atoms with Gasteiger partial charge in [-0.3, -0.25) is 49.1 Å². The number of ether oxygens (including phenoxy) is 1. The molecule has 22 heteroatoms. The predicted octanol–water partition coefficient (Wildman–Crippen LogP) is 7.23. The van der Waals surface area contributed by atoms with Gasteiger partial charge in [0, 0.05) is 52.1 Å². The number of thioether (sulfide) groups is 3. The molecule has 0 unspecified atom stereocenters. The molecule has 0 bridgehead atoms. The van der Waals surface area contributed by atoms with Crippen molar-refractivity contribution in [3.8, 4) is 0 Å². The first kappa shape index (κ1) is 73.5. The van der Waals surface area contributed by atoms with E-state index in [1.807, 2.05) is 81.4 Å². The number of primary amides is 1. The number of esters is 1. The lowest BCUT2D eigenvalue weighted by atomic mass is 9.97. The topological polar surface area (TPSA) is 302 Å². The van der Waals surface area contributed by atoms with Crippen molar-refractivity contribution >= 4 is 98.1 Å². The Hall–Kier alpha value is -6.52. The SMILES string of the molecule is CC(=O)N[C@H](CSC(=O)[C@@H](C)c1ccc(CC(C)C)cc1)C(=O)NC(N)=NC(=N)N(C)C.CC(=O)N[C@H](CSC(=O)[C@@H](C)c1ccc(CC(C)C)cc1)C(N)=O.CCOC(=O)[C@@H](CSC(=O)[C@@H](C)c1ccc(CC(C)C)cc1)NC(C)=O. The predicted molar refractivity (Wildman–Crippen MR) is 332 cm³/mol. The highest BCUT2D eigenvalue weighted by Crippen LogP contribution is 2.27. The number of carbonyl (C=O) groups is 9. The van der Waals surface area contributed by atoms with Gasteiger partial charge in [0.25, 0.3) is 0 Å². The molecule has 0 aliphatic rings. The Morgan fingerprint density at radius 3 is 1.12 bits per heavy atom. The second-order valence-electron chi connectivity index (χ2n) is 21.2. The zero-order chi connectivity index (χ0) is 62.4. The Labute approximate surface area is 498 Å². The summed E-state index contributed by atoms with van der Waals surface area (Å²) in [5, 5.41) is 17.3. The summed E-state index contributed by atoms with van der Waals surface area (Å²) >= 11 is 3.04. The fourth-order valence-electron chi connectivity index (χ4n) is 7.50. The lowest BCUT2D eigenvalue weighted by Gasteiger charge is -2.18. The summed E-state index contributed by atoms with van der Waals surface area (Å²) in [5.41, 5.74) is 17.4. The number of aliphatic imine (C=N–C) groups is 1. The Morgan fingerprint density at radius 1 is 0.524 bits per heavy atom. The van der Waals surface area contributed by atoms with E-state index in [2.05, 4.69) is 79.9 Å². The highest BCUT2D eigenvalue weighted by molar-refractivity contribution is 8.14. The minimum absolute atomic E-state index is 0.0401. The Kier molecular flexibility index (Phi) is 34.3. The van der Waals surface area contributed by atoms with E-state index in [4.69, 9.17) is 21.6 Å². The first-order chi connectivity index (χ1) is 38.3. The quantitative estimate of drug-likeness (QED) is 0.0250. The third kappa shape index (κ3) is 30.0. The molecule has 3 aromatic carbocycles. The van der Waals surface area contributed by atoms with Crippen LogP contribution in [0.25, 0.3) is 0 Å². The molecule has 19 nitrogen and oxygen atoms in total. The zero-order valence-corrected chi connectivity index (χ0v) is 52.9. The smallest absolute Gasteiger partial charge is 0.329 e. The molecule has 6 atom stereocenters. The van der Waals surface area contributed by atoms with Crippen LogP contribution in [0.2, 0.25) is 0 Å². The van der Waals surface area contributed by atoms with Crippen molar-refractivity contribution in [2.45, 2.75) is 145 Å². The van der Waals surface area contributed by atoms with Gasteiger partial charge in [0.1, 0.15) is 18.1 Å². The van der Waals surface area contributed by atoms with Crippen LogP contribution in [0.4, 0.5) is 0 Å². The fraction of sp³-hybridized carbons (Fsp3) is 0.517. The van der Waals surface area contributed by atoms with Crippen LogP contribution in [-0.4, -0.2) is 124 Å². The summed E-state index contributed by atoms with van der Waals surface area (Å²) < 4.78 is 4.95. The maximum atomic E-state index is 12.7. The van der Waals surface area contributed by atoms with Crippen LogP contribution in [0.1, 0.15) is 141 Å². The Bertz CT molecular complexity index is 2610. The molecule has 0 fully saturated rings. The molecule has 0 saturated carbocycles. The molecule has 0 radical (unpaired) electrons. The van der Waals surface area contributed by atoms with Gasteiger partial charge in [-0.2, -0.15) is 4.99 Å². The van der Waals surface area contributed by atoms with E-state index in [1.54, 1.807) is 21.0 Å². The average Bonchev–Trinajstić information content (AvgIpc) is 3.41. The van der Waals surface area contributed by atoms with Gasteiger partial charge in [-0.25, -0.2) is 4.79 Å². The van der Waals surface area contributed by atoms with Crippen LogP contribution in [0.5, 0.6) is 0 Å². The van der Waals surface area contributed by atoms with Crippen LogP contribution in [0.3, 0.4) is 0 Å². The van der Waals surface area contributed by atoms with Crippen LogP contribution in [0.15, 0.2) is 77.8 Å². The summed E-state index contributed by atoms with van der Waals surface area (Å²) in [6.45, 7) is 24.4. The van der Waals surface area contributed by atoms with Gasteiger partial charge < -0.3 is 37.1 Å². The van der Waals surface area contributed by atoms with Crippen molar-refractivity contribution in [3.63, 3.8) is 0 Å². The molecule has 3 rings (SSSR count). The van der Waals surface area contributed by atoms with Crippen molar-refractivity contribution in [1.29, 1.82) is 5.41 Å². The molecule has 0 heterocycles. The van der Waals surface area contributed by atoms with Gasteiger partial charge in [0.15, 0.2) is 15.3 Å². The second-order valence-corrected chi connectivity index (χ2v) is 24.3. The Balaban J connectivity index is 0.000000622. The molecule has 5 amide bonds. The van der Waals surface area contributed by atoms with Gasteiger partial charge in [-0.1, -0.05) is 170 Å². The molecule has 0 aliphatic carbocycles. The van der Waals surface area contributed by atoms with Crippen LogP contribution < -0.4 is 32.7 Å². The average molecular weight is 1190 g/mol. The highest BCUT2D eigenvalue weighted by atomic mass is 32.2. The van der Waals surface area contributed by atoms with Crippen molar-refractivity contribution in [2.75, 3.05) is 38.0 Å². The number of guanidine groups is 2. The molecule has 452 valence electrons. The third-order valence-electron chi connectivity index (χ3n) is 11.9. The highest BCUT2D eigenvalue weighted by Gasteiger charge is 2.27. The number of benzene rings is 3. The minimum Gasteiger partial charge on any atom is -0.464 e. The maximum absolute atomic E-state index is 12.7. The van der Waals surface area contributed by atoms with Crippen molar-refractivity contribution in [3.05, 3.63) is 106 Å². The number of nitrogens with zero attached hydrogens (tertiary/aromatic N) is 2. The number of amides is 5. The largest absolute Gasteiger partial charge is 0.464 e. The van der Waals surface area contributed by atoms with Crippen LogP contribution >= 0.6 is 35.3 Å². The molecule has 0 aliphatic heterocycles. The molecule has 0 aromatic heterocycles. The lowest BCUT2D eigenvalue weighted by molar-refractivity contribution is -0.146. The number of carbonyl (C=O) groups excluding carboxylic acids is 9. The van der Waals surface area contributed by atoms with Gasteiger partial charge in [0.2, 0.25) is 41.5 Å². The van der Waals surface area contributed by atoms with Crippen LogP contribution in [-0.2, 0) is 67.2 Å². The van der Waals surface area contributed by atoms with E-state index in [0.29, 0.717) is 17.8 Å². The number of hydrogen-bond acceptors (Lipinski definition) is 14. The molecule has 3 aromatic rings. The van der Waals surface area contributed by atoms with Crippen molar-refractivity contribution in [1.82, 2.24) is 26.2 Å². The van der Waals surface area contributed by atoms with Gasteiger partial charge >= 0.3 is 5.97 Å². The van der Waals surface area contributed by atoms with E-state index in [1.165, 1.54) is 42.4 Å². The fourth-order valence-corrected chi connectivity index (χ4v) is 10.4. The molecule has 9 N–H and O–H groups in total. The van der Waals surface area contributed by atoms with Gasteiger partial charge in [-0.15, -0.1) is 0 Å². The second kappa shape index (κ2) is 38.3. The molecule has 0 saturated heterocycles. The maximum Gasteiger partial charge on any atom is 0.329 e. The van der Waals surface area contributed by atoms with Crippen LogP contribution in [0, 0.1) is 23.2 Å². The number of nitrogens with two attached hydrogens (primary N) is 2. The van der Waals surface area contributed by atoms with Gasteiger partial charge in [-0.05, 0) is 77.3 Å². The summed E-state index contributed by atoms with van der Waals surface area (Å²) in [6, 6.07) is 21.5. The Morgan fingerprint density at radius 2 is 0.829 bits per heavy atom. The monoisotopic (exact) mass is 1190 g/mol. The van der Waals surface area contributed by atoms with Gasteiger partial charge in [0.05, 0.1) is 24.4 Å². The standard InChI is InChI=1S/C22H34N6O3S.C20H29NO4S.C18H26N2O3S/c1-13(2)11-16-7-9-17(10-8-16)14(3)20(31)32-12-18(25-15(4)29)19(30)26-21(23)27-22(24)28(5)6;1-6-25-19(23)18(21-15(5)22)12-26-20(24)14(4)17-9-7-16(8-10-17)11-13(2)3;1-11(2)9-14-5-7-15(8-6-14)12(3)18(23)24-10-16(17(19)22)20-13(4)21/h7-10,13-14,18H,11-12H2,1-6H3,(H,25,29)(H4,23,24,26,27,30);7-10,13-14,18H,6,11-12H2,1-5H3,(H,21,22);5-8,11-12,16H,9-10H2,1-4H3,(H2,19,22)(H,20,21)/t2*14-,18+;12-,16+/m000/s1. The lowest BCUT2D eigenvalue weighted by Crippen LogP contribution is -2.51. The molecular formula is C60H89N9O10S3. The third-order valence-corrected chi connectivity index (χ3v) is 15.3. The zero-order valence-electron chi connectivity index (χ0n) is 50.4. The molecule has 0 spiro atoms. The van der Waals surface area contributed by atoms with E-state index in [9.17, 15) is 43.2 Å².